The first-order valence-electron chi connectivity index (χ1n) is 4.28. The second-order valence-electron chi connectivity index (χ2n) is 3.31. The van der Waals surface area contributed by atoms with Crippen molar-refractivity contribution < 1.29 is 40.7 Å². The normalized spacial score (nSPS) is 13.4. The van der Waals surface area contributed by atoms with E-state index < -0.39 is 0 Å². The van der Waals surface area contributed by atoms with Crippen molar-refractivity contribution in [2.75, 3.05) is 0 Å². The van der Waals surface area contributed by atoms with Gasteiger partial charge in [-0.05, 0) is 12.5 Å². The van der Waals surface area contributed by atoms with E-state index in [0.717, 1.165) is 16.7 Å². The van der Waals surface area contributed by atoms with Gasteiger partial charge in [-0.25, -0.2) is 0 Å². The van der Waals surface area contributed by atoms with Crippen molar-refractivity contribution in [2.24, 2.45) is 0 Å². The van der Waals surface area contributed by atoms with E-state index in [4.69, 9.17) is 0 Å². The molecule has 0 spiro atoms. The summed E-state index contributed by atoms with van der Waals surface area (Å²) in [5.74, 6) is 0.157. The Morgan fingerprint density at radius 2 is 2.00 bits per heavy atom. The van der Waals surface area contributed by atoms with E-state index in [1.807, 2.05) is 19.3 Å². The Bertz CT molecular complexity index is 397. The fourth-order valence-electron chi connectivity index (χ4n) is 1.87. The van der Waals surface area contributed by atoms with E-state index in [1.165, 1.54) is 0 Å². The molecule has 0 fully saturated rings. The molecule has 0 saturated heterocycles. The molecule has 1 aliphatic carbocycles. The van der Waals surface area contributed by atoms with E-state index in [9.17, 15) is 9.59 Å². The van der Waals surface area contributed by atoms with Crippen LogP contribution in [0.25, 0.3) is 0 Å². The van der Waals surface area contributed by atoms with Crippen LogP contribution in [0.4, 0.5) is 0 Å². The summed E-state index contributed by atoms with van der Waals surface area (Å²) in [4.78, 5) is 22.0. The predicted octanol–water partition coefficient (Wildman–Crippen LogP) is 1.58. The third kappa shape index (κ3) is 1.72. The molecule has 2 nitrogen and oxygen atoms in total. The third-order valence-electron chi connectivity index (χ3n) is 2.51. The number of rotatable bonds is 1. The second kappa shape index (κ2) is 4.42. The molecule has 0 unspecified atom stereocenters. The summed E-state index contributed by atoms with van der Waals surface area (Å²) in [6, 6.07) is 3.54. The van der Waals surface area contributed by atoms with Crippen LogP contribution in [0.3, 0.4) is 0 Å². The van der Waals surface area contributed by atoms with Crippen molar-refractivity contribution in [1.29, 1.82) is 0 Å². The largest absolute Gasteiger partial charge is 0.376 e. The number of fused-ring (bicyclic) bond motifs is 1. The molecule has 0 bridgehead atoms. The zero-order valence-electron chi connectivity index (χ0n) is 7.89. The Labute approximate surface area is 106 Å². The summed E-state index contributed by atoms with van der Waals surface area (Å²) < 4.78 is 0. The summed E-state index contributed by atoms with van der Waals surface area (Å²) in [5.41, 5.74) is 3.16. The van der Waals surface area contributed by atoms with Crippen molar-refractivity contribution in [2.45, 2.75) is 19.8 Å². The summed E-state index contributed by atoms with van der Waals surface area (Å²) in [7, 11) is 0. The molecule has 0 N–H and O–H groups in total. The van der Waals surface area contributed by atoms with E-state index in [0.29, 0.717) is 18.4 Å². The smallest absolute Gasteiger partial charge is 0.150 e. The Morgan fingerprint density at radius 3 is 2.64 bits per heavy atom. The summed E-state index contributed by atoms with van der Waals surface area (Å²) in [6.07, 6.45) is 3.10. The van der Waals surface area contributed by atoms with E-state index in [1.54, 1.807) is 6.07 Å². The van der Waals surface area contributed by atoms with Crippen LogP contribution in [0, 0.1) is 38.0 Å². The maximum Gasteiger partial charge on any atom is 0.150 e. The Balaban J connectivity index is 0.000000980. The Kier molecular flexibility index (Phi) is 3.69. The van der Waals surface area contributed by atoms with Gasteiger partial charge in [0.05, 0.1) is 6.29 Å². The monoisotopic (exact) mass is 411 g/mol. The first-order chi connectivity index (χ1) is 6.24. The number of carbonyl (C=O) groups is 1. The van der Waals surface area contributed by atoms with E-state index in [-0.39, 0.29) is 36.9 Å². The third-order valence-corrected chi connectivity index (χ3v) is 2.51. The van der Waals surface area contributed by atoms with Gasteiger partial charge in [-0.2, -0.15) is 6.07 Å². The van der Waals surface area contributed by atoms with Crippen LogP contribution in [0.1, 0.15) is 33.5 Å². The molecule has 0 saturated carbocycles. The van der Waals surface area contributed by atoms with Crippen LogP contribution in [0.5, 0.6) is 0 Å². The van der Waals surface area contributed by atoms with Crippen molar-refractivity contribution in [1.82, 2.24) is 0 Å². The van der Waals surface area contributed by atoms with Gasteiger partial charge in [-0.15, -0.1) is 17.2 Å². The number of hydrogen-bond donors (Lipinski definition) is 0. The summed E-state index contributed by atoms with van der Waals surface area (Å²) in [5, 5.41) is 0. The molecule has 1 aromatic rings. The fraction of sp³-hybridized carbons (Fsp3) is 0.273. The maximum atomic E-state index is 11.4. The number of hydrogen-bond acceptors (Lipinski definition) is 2. The zero-order valence-corrected chi connectivity index (χ0v) is 12.0. The average molecular weight is 411 g/mol. The summed E-state index contributed by atoms with van der Waals surface area (Å²) in [6.45, 7) is 1.90. The zero-order chi connectivity index (χ0) is 9.42. The number of benzene rings is 1. The van der Waals surface area contributed by atoms with E-state index in [2.05, 4.69) is 0 Å². The molecular formula is C11H9O2U-. The predicted molar refractivity (Wildman–Crippen MR) is 48.6 cm³/mol. The van der Waals surface area contributed by atoms with Crippen LogP contribution in [-0.4, -0.2) is 12.1 Å². The van der Waals surface area contributed by atoms with Gasteiger partial charge in [0.25, 0.3) is 0 Å². The van der Waals surface area contributed by atoms with Gasteiger partial charge in [0.1, 0.15) is 0 Å². The topological polar surface area (TPSA) is 34.1 Å². The molecule has 14 heavy (non-hydrogen) atoms. The van der Waals surface area contributed by atoms with Gasteiger partial charge in [0.15, 0.2) is 5.78 Å². The molecule has 2 rings (SSSR count). The van der Waals surface area contributed by atoms with Gasteiger partial charge >= 0.3 is 0 Å². The van der Waals surface area contributed by atoms with Crippen molar-refractivity contribution >= 4 is 12.1 Å². The number of ketones is 1. The standard InChI is InChI=1S/C11H9O2.U/c1-7-2-3-8(6-12)9-4-5-10(13)11(7)9;/h2-3H,4-5H2,1H3;/q-1;. The minimum absolute atomic E-state index is 0. The summed E-state index contributed by atoms with van der Waals surface area (Å²) >= 11 is 0. The molecular weight excluding hydrogens is 402 g/mol. The molecule has 1 aliphatic rings. The molecule has 3 heteroatoms. The SMILES string of the molecule is Cc1ccc([C-]=O)c2c1C(=O)CC2.[U]. The van der Waals surface area contributed by atoms with Crippen LogP contribution in [0.2, 0.25) is 0 Å². The fourth-order valence-corrected chi connectivity index (χ4v) is 1.87. The molecule has 70 valence electrons. The Morgan fingerprint density at radius 1 is 1.29 bits per heavy atom. The molecule has 0 atom stereocenters. The van der Waals surface area contributed by atoms with E-state index >= 15 is 0 Å². The number of Topliss-reactive ketones (excluding diaryl/α,β-unsaturated/α-hetero) is 1. The molecule has 0 aliphatic heterocycles. The van der Waals surface area contributed by atoms with Gasteiger partial charge in [0.2, 0.25) is 0 Å². The molecule has 0 radical (unpaired) electrons. The van der Waals surface area contributed by atoms with Gasteiger partial charge in [-0.1, -0.05) is 12.0 Å². The average Bonchev–Trinajstić information content (AvgIpc) is 2.50. The van der Waals surface area contributed by atoms with Crippen LogP contribution >= 0.6 is 0 Å². The maximum absolute atomic E-state index is 11.4. The van der Waals surface area contributed by atoms with Gasteiger partial charge in [0, 0.05) is 37.5 Å². The van der Waals surface area contributed by atoms with Gasteiger partial charge in [-0.3, -0.25) is 4.79 Å². The van der Waals surface area contributed by atoms with Crippen molar-refractivity contribution in [3.8, 4) is 0 Å². The molecule has 1 aromatic carbocycles. The minimum Gasteiger partial charge on any atom is -0.376 e. The van der Waals surface area contributed by atoms with Crippen molar-refractivity contribution in [3.63, 3.8) is 0 Å². The van der Waals surface area contributed by atoms with Crippen LogP contribution in [0.15, 0.2) is 12.1 Å². The number of carbonyl (C=O) groups excluding carboxylic acids is 2. The van der Waals surface area contributed by atoms with Crippen molar-refractivity contribution in [3.05, 3.63) is 34.4 Å². The molecule has 0 amide bonds. The van der Waals surface area contributed by atoms with Crippen LogP contribution < -0.4 is 0 Å². The quantitative estimate of drug-likeness (QED) is 0.658. The van der Waals surface area contributed by atoms with Crippen LogP contribution in [-0.2, 0) is 11.2 Å². The Hall–Kier alpha value is -0.388. The second-order valence-corrected chi connectivity index (χ2v) is 3.31. The van der Waals surface area contributed by atoms with Gasteiger partial charge < -0.3 is 4.79 Å². The minimum atomic E-state index is 0. The molecule has 0 heterocycles. The first-order valence-corrected chi connectivity index (χ1v) is 4.28. The first kappa shape index (κ1) is 11.7. The number of aryl methyl sites for hydroxylation is 1. The molecule has 0 aromatic heterocycles.